The summed E-state index contributed by atoms with van der Waals surface area (Å²) in [6.45, 7) is 3.18. The molecule has 0 saturated heterocycles. The van der Waals surface area contributed by atoms with Gasteiger partial charge in [-0.2, -0.15) is 0 Å². The topological polar surface area (TPSA) is 58.8 Å². The number of nitrogens with zero attached hydrogens (tertiary/aromatic N) is 4. The van der Waals surface area contributed by atoms with E-state index >= 15 is 0 Å². The minimum atomic E-state index is -0.0869. The third-order valence-electron chi connectivity index (χ3n) is 3.40. The quantitative estimate of drug-likeness (QED) is 0.511. The highest BCUT2D eigenvalue weighted by Gasteiger charge is 2.03. The van der Waals surface area contributed by atoms with Gasteiger partial charge in [0.25, 0.3) is 0 Å². The summed E-state index contributed by atoms with van der Waals surface area (Å²) in [6, 6.07) is -0.0869. The zero-order valence-corrected chi connectivity index (χ0v) is 13.4. The molecule has 0 bridgehead atoms. The maximum atomic E-state index is 11.6. The van der Waals surface area contributed by atoms with Gasteiger partial charge in [-0.15, -0.1) is 0 Å². The minimum Gasteiger partial charge on any atom is -0.338 e. The average molecular weight is 306 g/mol. The van der Waals surface area contributed by atoms with Crippen LogP contribution in [0, 0.1) is 0 Å². The Bertz CT molecular complexity index is 538. The van der Waals surface area contributed by atoms with Crippen LogP contribution in [0.1, 0.15) is 12.8 Å². The minimum absolute atomic E-state index is 0.0869. The average Bonchev–Trinajstić information content (AvgIpc) is 3.08. The molecule has 0 aliphatic heterocycles. The van der Waals surface area contributed by atoms with Crippen LogP contribution < -0.4 is 19.8 Å². The van der Waals surface area contributed by atoms with E-state index in [9.17, 15) is 4.79 Å². The first-order valence-corrected chi connectivity index (χ1v) is 7.67. The lowest BCUT2D eigenvalue weighted by atomic mass is 10.4. The standard InChI is InChI=1S/C15H25N6O/c1-18-9-11-20(13-18)7-3-5-16-15(22)17-6-4-8-21-12-10-19(2)14-21/h9-14H,3-8H2,1-2H3,(H-,16,17,22)/q+1/p+1. The van der Waals surface area contributed by atoms with Crippen LogP contribution in [0.25, 0.3) is 0 Å². The van der Waals surface area contributed by atoms with Crippen molar-refractivity contribution in [3.8, 4) is 0 Å². The van der Waals surface area contributed by atoms with Crippen molar-refractivity contribution in [2.75, 3.05) is 13.1 Å². The second-order valence-corrected chi connectivity index (χ2v) is 5.52. The summed E-state index contributed by atoms with van der Waals surface area (Å²) < 4.78 is 8.23. The fourth-order valence-electron chi connectivity index (χ4n) is 2.26. The van der Waals surface area contributed by atoms with E-state index in [1.165, 1.54) is 0 Å². The van der Waals surface area contributed by atoms with Crippen LogP contribution in [0.5, 0.6) is 0 Å². The van der Waals surface area contributed by atoms with Crippen molar-refractivity contribution >= 4 is 6.03 Å². The highest BCUT2D eigenvalue weighted by atomic mass is 16.2. The van der Waals surface area contributed by atoms with Crippen LogP contribution in [0.2, 0.25) is 0 Å². The van der Waals surface area contributed by atoms with Crippen molar-refractivity contribution in [1.29, 1.82) is 0 Å². The van der Waals surface area contributed by atoms with Gasteiger partial charge in [-0.3, -0.25) is 0 Å². The largest absolute Gasteiger partial charge is 0.338 e. The maximum Gasteiger partial charge on any atom is 0.314 e. The highest BCUT2D eigenvalue weighted by molar-refractivity contribution is 5.73. The van der Waals surface area contributed by atoms with Crippen LogP contribution in [-0.2, 0) is 27.2 Å². The lowest BCUT2D eigenvalue weighted by Crippen LogP contribution is -2.37. The Balaban J connectivity index is 1.49. The molecule has 0 aromatic carbocycles. The lowest BCUT2D eigenvalue weighted by Gasteiger charge is -2.06. The third kappa shape index (κ3) is 5.59. The van der Waals surface area contributed by atoms with Gasteiger partial charge in [0.2, 0.25) is 12.7 Å². The van der Waals surface area contributed by atoms with Crippen LogP contribution in [0.3, 0.4) is 0 Å². The fraction of sp³-hybridized carbons (Fsp3) is 0.533. The SMILES string of the molecule is C[n+]1ccn(CCCNC(=O)NCCCn2cc[n+](C)c2)c1. The number of rotatable bonds is 8. The van der Waals surface area contributed by atoms with E-state index in [0.717, 1.165) is 25.9 Å². The molecule has 22 heavy (non-hydrogen) atoms. The van der Waals surface area contributed by atoms with Gasteiger partial charge in [0, 0.05) is 25.9 Å². The molecule has 0 saturated carbocycles. The normalized spacial score (nSPS) is 10.6. The van der Waals surface area contributed by atoms with Crippen molar-refractivity contribution in [2.45, 2.75) is 25.9 Å². The molecular weight excluding hydrogens is 280 g/mol. The molecule has 0 aliphatic carbocycles. The van der Waals surface area contributed by atoms with E-state index in [-0.39, 0.29) is 6.03 Å². The Labute approximate surface area is 131 Å². The van der Waals surface area contributed by atoms with Crippen LogP contribution in [-0.4, -0.2) is 28.3 Å². The number of hydrogen-bond donors (Lipinski definition) is 2. The van der Waals surface area contributed by atoms with E-state index in [0.29, 0.717) is 13.1 Å². The molecule has 0 atom stereocenters. The number of aryl methyl sites for hydroxylation is 4. The van der Waals surface area contributed by atoms with E-state index in [1.807, 2.05) is 60.7 Å². The van der Waals surface area contributed by atoms with E-state index in [2.05, 4.69) is 19.8 Å². The Morgan fingerprint density at radius 1 is 0.909 bits per heavy atom. The second kappa shape index (κ2) is 8.21. The number of imidazole rings is 2. The molecule has 2 rings (SSSR count). The second-order valence-electron chi connectivity index (χ2n) is 5.52. The summed E-state index contributed by atoms with van der Waals surface area (Å²) in [5, 5.41) is 5.76. The van der Waals surface area contributed by atoms with Gasteiger partial charge in [-0.1, -0.05) is 0 Å². The number of urea groups is 1. The van der Waals surface area contributed by atoms with Crippen LogP contribution in [0.4, 0.5) is 4.79 Å². The molecule has 0 spiro atoms. The first kappa shape index (κ1) is 16.1. The Morgan fingerprint density at radius 3 is 1.73 bits per heavy atom. The molecule has 2 aromatic rings. The maximum absolute atomic E-state index is 11.6. The number of nitrogens with one attached hydrogen (secondary N) is 2. The van der Waals surface area contributed by atoms with Gasteiger partial charge in [-0.05, 0) is 0 Å². The molecule has 7 nitrogen and oxygen atoms in total. The molecule has 120 valence electrons. The third-order valence-corrected chi connectivity index (χ3v) is 3.40. The lowest BCUT2D eigenvalue weighted by molar-refractivity contribution is -0.671. The number of carbonyl (C=O) groups is 1. The summed E-state index contributed by atoms with van der Waals surface area (Å²) in [7, 11) is 3.99. The molecular formula is C15H26N6O+2. The zero-order chi connectivity index (χ0) is 15.8. The van der Waals surface area contributed by atoms with Gasteiger partial charge in [0.05, 0.1) is 27.2 Å². The van der Waals surface area contributed by atoms with Gasteiger partial charge < -0.3 is 10.6 Å². The van der Waals surface area contributed by atoms with Crippen molar-refractivity contribution in [3.63, 3.8) is 0 Å². The Kier molecular flexibility index (Phi) is 6.00. The number of aromatic nitrogens is 4. The van der Waals surface area contributed by atoms with Crippen molar-refractivity contribution in [3.05, 3.63) is 37.4 Å². The molecule has 2 amide bonds. The predicted octanol–water partition coefficient (Wildman–Crippen LogP) is -0.282. The van der Waals surface area contributed by atoms with E-state index in [1.54, 1.807) is 0 Å². The van der Waals surface area contributed by atoms with Crippen molar-refractivity contribution < 1.29 is 13.9 Å². The predicted molar refractivity (Wildman–Crippen MR) is 81.9 cm³/mol. The molecule has 2 aromatic heterocycles. The Hall–Kier alpha value is -2.31. The highest BCUT2D eigenvalue weighted by Crippen LogP contribution is 1.89. The summed E-state index contributed by atoms with van der Waals surface area (Å²) in [6.07, 6.45) is 14.0. The number of amides is 2. The van der Waals surface area contributed by atoms with Gasteiger partial charge in [0.1, 0.15) is 24.8 Å². The summed E-state index contributed by atoms with van der Waals surface area (Å²) in [5.74, 6) is 0. The monoisotopic (exact) mass is 306 g/mol. The smallest absolute Gasteiger partial charge is 0.314 e. The first-order chi connectivity index (χ1) is 10.6. The van der Waals surface area contributed by atoms with E-state index < -0.39 is 0 Å². The van der Waals surface area contributed by atoms with Crippen molar-refractivity contribution in [2.24, 2.45) is 14.1 Å². The molecule has 7 heteroatoms. The number of hydrogen-bond acceptors (Lipinski definition) is 1. The zero-order valence-electron chi connectivity index (χ0n) is 13.4. The summed E-state index contributed by atoms with van der Waals surface area (Å²) in [4.78, 5) is 11.6. The molecule has 2 N–H and O–H groups in total. The first-order valence-electron chi connectivity index (χ1n) is 7.67. The van der Waals surface area contributed by atoms with Crippen LogP contribution >= 0.6 is 0 Å². The summed E-state index contributed by atoms with van der Waals surface area (Å²) in [5.41, 5.74) is 0. The fourth-order valence-corrected chi connectivity index (χ4v) is 2.26. The molecule has 0 fully saturated rings. The van der Waals surface area contributed by atoms with Crippen molar-refractivity contribution in [1.82, 2.24) is 19.8 Å². The van der Waals surface area contributed by atoms with Gasteiger partial charge in [0.15, 0.2) is 0 Å². The Morgan fingerprint density at radius 2 is 1.36 bits per heavy atom. The van der Waals surface area contributed by atoms with E-state index in [4.69, 9.17) is 0 Å². The van der Waals surface area contributed by atoms with Gasteiger partial charge in [-0.25, -0.2) is 23.1 Å². The molecule has 0 radical (unpaired) electrons. The van der Waals surface area contributed by atoms with Crippen LogP contribution in [0.15, 0.2) is 37.4 Å². The van der Waals surface area contributed by atoms with Gasteiger partial charge >= 0.3 is 6.03 Å². The number of carbonyl (C=O) groups excluding carboxylic acids is 1. The summed E-state index contributed by atoms with van der Waals surface area (Å²) >= 11 is 0. The molecule has 2 heterocycles. The molecule has 0 unspecified atom stereocenters. The molecule has 0 aliphatic rings.